The lowest BCUT2D eigenvalue weighted by Gasteiger charge is -2.49. The Bertz CT molecular complexity index is 397. The molecule has 0 radical (unpaired) electrons. The molecule has 2 nitrogen and oxygen atoms in total. The number of hydrogen-bond donors (Lipinski definition) is 0. The highest BCUT2D eigenvalue weighted by molar-refractivity contribution is 6.74. The Hall–Kier alpha value is -0.153. The van der Waals surface area contributed by atoms with Crippen molar-refractivity contribution in [3.63, 3.8) is 0 Å². The Balaban J connectivity index is 2.22. The minimum Gasteiger partial charge on any atom is -0.413 e. The molecule has 0 spiro atoms. The third-order valence-electron chi connectivity index (χ3n) is 6.60. The Kier molecular flexibility index (Phi) is 4.76. The van der Waals surface area contributed by atoms with Gasteiger partial charge in [0.1, 0.15) is 5.78 Å². The van der Waals surface area contributed by atoms with Gasteiger partial charge in [0.05, 0.1) is 6.10 Å². The third-order valence-corrected chi connectivity index (χ3v) is 11.1. The minimum absolute atomic E-state index is 0.222. The SMILES string of the molecule is CC(C)(C)[Si](C)(C)O[C@H]1CCCC[C@@H]2CC(=O)CC[C@@]21C. The predicted molar refractivity (Wildman–Crippen MR) is 91.0 cm³/mol. The van der Waals surface area contributed by atoms with Gasteiger partial charge in [-0.3, -0.25) is 4.79 Å². The number of rotatable bonds is 2. The molecule has 2 aliphatic rings. The van der Waals surface area contributed by atoms with Crippen molar-refractivity contribution >= 4 is 14.1 Å². The average Bonchev–Trinajstić information content (AvgIpc) is 2.49. The van der Waals surface area contributed by atoms with Crippen molar-refractivity contribution < 1.29 is 9.22 Å². The molecule has 0 aromatic carbocycles. The van der Waals surface area contributed by atoms with Crippen LogP contribution in [-0.2, 0) is 9.22 Å². The first-order valence-electron chi connectivity index (χ1n) is 8.76. The van der Waals surface area contributed by atoms with Gasteiger partial charge in [0.15, 0.2) is 8.32 Å². The van der Waals surface area contributed by atoms with Crippen LogP contribution in [0.25, 0.3) is 0 Å². The molecule has 2 aliphatic carbocycles. The quantitative estimate of drug-likeness (QED) is 0.645. The fraction of sp³-hybridized carbons (Fsp3) is 0.944. The summed E-state index contributed by atoms with van der Waals surface area (Å²) in [6, 6.07) is 0. The highest BCUT2D eigenvalue weighted by atomic mass is 28.4. The lowest BCUT2D eigenvalue weighted by molar-refractivity contribution is -0.127. The Morgan fingerprint density at radius 2 is 1.81 bits per heavy atom. The first-order valence-corrected chi connectivity index (χ1v) is 11.7. The van der Waals surface area contributed by atoms with Crippen LogP contribution in [-0.4, -0.2) is 20.2 Å². The molecule has 0 heterocycles. The highest BCUT2D eigenvalue weighted by Gasteiger charge is 2.49. The second kappa shape index (κ2) is 5.81. The summed E-state index contributed by atoms with van der Waals surface area (Å²) < 4.78 is 6.86. The van der Waals surface area contributed by atoms with E-state index < -0.39 is 8.32 Å². The van der Waals surface area contributed by atoms with E-state index in [1.807, 2.05) is 0 Å². The van der Waals surface area contributed by atoms with Gasteiger partial charge in [-0.1, -0.05) is 40.5 Å². The summed E-state index contributed by atoms with van der Waals surface area (Å²) in [4.78, 5) is 11.9. The van der Waals surface area contributed by atoms with Crippen molar-refractivity contribution in [3.8, 4) is 0 Å². The maximum Gasteiger partial charge on any atom is 0.192 e. The third kappa shape index (κ3) is 3.44. The molecule has 0 aliphatic heterocycles. The number of hydrogen-bond acceptors (Lipinski definition) is 2. The molecular formula is C18H34O2Si. The molecule has 2 saturated carbocycles. The van der Waals surface area contributed by atoms with E-state index in [1.54, 1.807) is 0 Å². The Morgan fingerprint density at radius 1 is 1.19 bits per heavy atom. The van der Waals surface area contributed by atoms with Gasteiger partial charge in [-0.15, -0.1) is 0 Å². The molecule has 0 aromatic rings. The van der Waals surface area contributed by atoms with Crippen LogP contribution in [0.5, 0.6) is 0 Å². The predicted octanol–water partition coefficient (Wildman–Crippen LogP) is 5.33. The van der Waals surface area contributed by atoms with E-state index in [-0.39, 0.29) is 10.5 Å². The fourth-order valence-corrected chi connectivity index (χ4v) is 5.31. The maximum absolute atomic E-state index is 11.9. The summed E-state index contributed by atoms with van der Waals surface area (Å²) in [5.41, 5.74) is 0.222. The van der Waals surface area contributed by atoms with Crippen LogP contribution in [0.15, 0.2) is 0 Å². The summed E-state index contributed by atoms with van der Waals surface area (Å²) in [5.74, 6) is 1.03. The molecule has 0 N–H and O–H groups in total. The standard InChI is InChI=1S/C18H34O2Si/c1-17(2,3)21(5,6)20-16-10-8-7-9-14-13-15(19)11-12-18(14,16)4/h14,16H,7-13H2,1-6H3/t14-,16+,18+/m1/s1. The van der Waals surface area contributed by atoms with E-state index in [2.05, 4.69) is 40.8 Å². The van der Waals surface area contributed by atoms with E-state index >= 15 is 0 Å². The van der Waals surface area contributed by atoms with E-state index in [0.29, 0.717) is 17.8 Å². The average molecular weight is 311 g/mol. The Morgan fingerprint density at radius 3 is 2.43 bits per heavy atom. The first kappa shape index (κ1) is 17.2. The van der Waals surface area contributed by atoms with Crippen molar-refractivity contribution in [3.05, 3.63) is 0 Å². The zero-order valence-electron chi connectivity index (χ0n) is 14.9. The Labute approximate surface area is 132 Å². The molecule has 0 bridgehead atoms. The van der Waals surface area contributed by atoms with Crippen LogP contribution in [0.2, 0.25) is 18.1 Å². The number of fused-ring (bicyclic) bond motifs is 1. The molecule has 3 heteroatoms. The van der Waals surface area contributed by atoms with Gasteiger partial charge >= 0.3 is 0 Å². The molecule has 122 valence electrons. The molecule has 0 aromatic heterocycles. The van der Waals surface area contributed by atoms with Crippen molar-refractivity contribution in [2.24, 2.45) is 11.3 Å². The second-order valence-electron chi connectivity index (χ2n) is 9.10. The highest BCUT2D eigenvalue weighted by Crippen LogP contribution is 2.51. The molecule has 0 unspecified atom stereocenters. The van der Waals surface area contributed by atoms with Gasteiger partial charge in [-0.05, 0) is 48.7 Å². The summed E-state index contributed by atoms with van der Waals surface area (Å²) in [6.07, 6.45) is 7.91. The largest absolute Gasteiger partial charge is 0.413 e. The fourth-order valence-electron chi connectivity index (χ4n) is 3.85. The van der Waals surface area contributed by atoms with Crippen molar-refractivity contribution in [1.29, 1.82) is 0 Å². The van der Waals surface area contributed by atoms with Crippen molar-refractivity contribution in [2.75, 3.05) is 0 Å². The van der Waals surface area contributed by atoms with Gasteiger partial charge in [-0.2, -0.15) is 0 Å². The van der Waals surface area contributed by atoms with Gasteiger partial charge in [0.2, 0.25) is 0 Å². The molecule has 2 fully saturated rings. The van der Waals surface area contributed by atoms with Crippen LogP contribution in [0.4, 0.5) is 0 Å². The van der Waals surface area contributed by atoms with Crippen LogP contribution >= 0.6 is 0 Å². The monoisotopic (exact) mass is 310 g/mol. The van der Waals surface area contributed by atoms with Crippen molar-refractivity contribution in [2.45, 2.75) is 96.9 Å². The number of ketones is 1. The molecule has 0 amide bonds. The number of carbonyl (C=O) groups is 1. The van der Waals surface area contributed by atoms with Crippen LogP contribution in [0.3, 0.4) is 0 Å². The zero-order chi connectivity index (χ0) is 15.9. The smallest absolute Gasteiger partial charge is 0.192 e. The first-order chi connectivity index (χ1) is 9.56. The van der Waals surface area contributed by atoms with Gasteiger partial charge in [0.25, 0.3) is 0 Å². The number of Topliss-reactive ketones (excluding diaryl/α,β-unsaturated/α-hetero) is 1. The number of carbonyl (C=O) groups excluding carboxylic acids is 1. The lowest BCUT2D eigenvalue weighted by Crippen LogP contribution is -2.51. The van der Waals surface area contributed by atoms with Gasteiger partial charge in [0, 0.05) is 12.8 Å². The normalized spacial score (nSPS) is 35.2. The summed E-state index contributed by atoms with van der Waals surface area (Å²) in [5, 5.41) is 0.260. The summed E-state index contributed by atoms with van der Waals surface area (Å²) >= 11 is 0. The van der Waals surface area contributed by atoms with Crippen LogP contribution in [0.1, 0.15) is 72.6 Å². The van der Waals surface area contributed by atoms with E-state index in [1.165, 1.54) is 25.7 Å². The van der Waals surface area contributed by atoms with E-state index in [0.717, 1.165) is 19.3 Å². The molecule has 21 heavy (non-hydrogen) atoms. The molecular weight excluding hydrogens is 276 g/mol. The van der Waals surface area contributed by atoms with E-state index in [9.17, 15) is 4.79 Å². The van der Waals surface area contributed by atoms with Crippen molar-refractivity contribution in [1.82, 2.24) is 0 Å². The van der Waals surface area contributed by atoms with Gasteiger partial charge in [-0.25, -0.2) is 0 Å². The van der Waals surface area contributed by atoms with Crippen LogP contribution < -0.4 is 0 Å². The molecule has 0 saturated heterocycles. The summed E-state index contributed by atoms with van der Waals surface area (Å²) in [6.45, 7) is 14.1. The lowest BCUT2D eigenvalue weighted by atomic mass is 9.63. The van der Waals surface area contributed by atoms with Crippen LogP contribution in [0, 0.1) is 11.3 Å². The minimum atomic E-state index is -1.74. The zero-order valence-corrected chi connectivity index (χ0v) is 15.9. The molecule has 2 rings (SSSR count). The van der Waals surface area contributed by atoms with E-state index in [4.69, 9.17) is 4.43 Å². The topological polar surface area (TPSA) is 26.3 Å². The maximum atomic E-state index is 11.9. The summed E-state index contributed by atoms with van der Waals surface area (Å²) in [7, 11) is -1.74. The molecule has 3 atom stereocenters. The van der Waals surface area contributed by atoms with Gasteiger partial charge < -0.3 is 4.43 Å². The second-order valence-corrected chi connectivity index (χ2v) is 13.9.